The van der Waals surface area contributed by atoms with Crippen LogP contribution in [0.25, 0.3) is 11.1 Å². The number of carbonyl (C=O) groups is 2. The summed E-state index contributed by atoms with van der Waals surface area (Å²) in [5, 5.41) is 10.1. The molecule has 0 aliphatic carbocycles. The van der Waals surface area contributed by atoms with E-state index in [9.17, 15) is 14.7 Å². The van der Waals surface area contributed by atoms with Crippen LogP contribution in [0.3, 0.4) is 0 Å². The minimum absolute atomic E-state index is 0.0614. The van der Waals surface area contributed by atoms with E-state index in [-0.39, 0.29) is 18.1 Å². The van der Waals surface area contributed by atoms with Gasteiger partial charge in [0.2, 0.25) is 5.78 Å². The van der Waals surface area contributed by atoms with Crippen LogP contribution < -0.4 is 0 Å². The maximum atomic E-state index is 12.3. The molecule has 3 rings (SSSR count). The molecule has 0 spiro atoms. The first-order chi connectivity index (χ1) is 10.6. The predicted octanol–water partition coefficient (Wildman–Crippen LogP) is 2.13. The van der Waals surface area contributed by atoms with Gasteiger partial charge in [-0.1, -0.05) is 54.6 Å². The standard InChI is InChI=1S/C18H17NO3/c20-16-10-11-19(12-16)18(22)17(21)15-8-6-14(7-9-15)13-4-2-1-3-5-13/h1-9,18,22H,10-12H2/t18-/m0/s1. The van der Waals surface area contributed by atoms with Gasteiger partial charge in [-0.15, -0.1) is 0 Å². The molecular formula is C18H17NO3. The molecule has 4 heteroatoms. The zero-order valence-electron chi connectivity index (χ0n) is 12.1. The average Bonchev–Trinajstić information content (AvgIpc) is 3.01. The van der Waals surface area contributed by atoms with Crippen LogP contribution in [0.1, 0.15) is 16.8 Å². The maximum Gasteiger partial charge on any atom is 0.206 e. The molecule has 1 saturated heterocycles. The van der Waals surface area contributed by atoms with Gasteiger partial charge in [-0.2, -0.15) is 0 Å². The van der Waals surface area contributed by atoms with E-state index in [4.69, 9.17) is 0 Å². The Bertz CT molecular complexity index is 679. The van der Waals surface area contributed by atoms with Gasteiger partial charge in [-0.05, 0) is 11.1 Å². The molecule has 4 nitrogen and oxygen atoms in total. The third kappa shape index (κ3) is 2.98. The minimum Gasteiger partial charge on any atom is -0.371 e. The third-order valence-electron chi connectivity index (χ3n) is 3.91. The summed E-state index contributed by atoms with van der Waals surface area (Å²) in [6.07, 6.45) is -0.842. The molecule has 1 fully saturated rings. The SMILES string of the molecule is O=C1CCN([C@@H](O)C(=O)c2ccc(-c3ccccc3)cc2)C1. The smallest absolute Gasteiger partial charge is 0.206 e. The van der Waals surface area contributed by atoms with Crippen LogP contribution in [-0.4, -0.2) is 40.9 Å². The number of hydrogen-bond acceptors (Lipinski definition) is 4. The number of ketones is 2. The highest BCUT2D eigenvalue weighted by atomic mass is 16.3. The topological polar surface area (TPSA) is 57.6 Å². The second-order valence-electron chi connectivity index (χ2n) is 5.44. The molecule has 2 aromatic rings. The number of carbonyl (C=O) groups excluding carboxylic acids is 2. The number of hydrogen-bond donors (Lipinski definition) is 1. The van der Waals surface area contributed by atoms with E-state index in [1.807, 2.05) is 42.5 Å². The van der Waals surface area contributed by atoms with E-state index in [0.717, 1.165) is 11.1 Å². The largest absolute Gasteiger partial charge is 0.371 e. The molecule has 1 aliphatic rings. The highest BCUT2D eigenvalue weighted by Crippen LogP contribution is 2.20. The van der Waals surface area contributed by atoms with Crippen LogP contribution in [-0.2, 0) is 4.79 Å². The fourth-order valence-corrected chi connectivity index (χ4v) is 2.63. The number of rotatable bonds is 4. The minimum atomic E-state index is -1.24. The van der Waals surface area contributed by atoms with Gasteiger partial charge in [0, 0.05) is 18.5 Å². The number of aliphatic hydroxyl groups excluding tert-OH is 1. The number of Topliss-reactive ketones (excluding diaryl/α,β-unsaturated/α-hetero) is 2. The first kappa shape index (κ1) is 14.6. The zero-order chi connectivity index (χ0) is 15.5. The first-order valence-corrected chi connectivity index (χ1v) is 7.28. The lowest BCUT2D eigenvalue weighted by atomic mass is 10.0. The summed E-state index contributed by atoms with van der Waals surface area (Å²) in [5.74, 6) is -0.305. The Morgan fingerprint density at radius 3 is 2.23 bits per heavy atom. The van der Waals surface area contributed by atoms with E-state index < -0.39 is 6.23 Å². The molecule has 1 N–H and O–H groups in total. The molecule has 0 bridgehead atoms. The number of aliphatic hydroxyl groups is 1. The normalized spacial score (nSPS) is 16.7. The Morgan fingerprint density at radius 1 is 1.00 bits per heavy atom. The van der Waals surface area contributed by atoms with Crippen LogP contribution in [0.4, 0.5) is 0 Å². The fraction of sp³-hybridized carbons (Fsp3) is 0.222. The van der Waals surface area contributed by atoms with Crippen molar-refractivity contribution in [3.8, 4) is 11.1 Å². The van der Waals surface area contributed by atoms with Crippen molar-refractivity contribution in [2.24, 2.45) is 0 Å². The van der Waals surface area contributed by atoms with Crippen molar-refractivity contribution < 1.29 is 14.7 Å². The average molecular weight is 295 g/mol. The van der Waals surface area contributed by atoms with E-state index in [2.05, 4.69) is 0 Å². The summed E-state index contributed by atoms with van der Waals surface area (Å²) in [4.78, 5) is 25.0. The van der Waals surface area contributed by atoms with Gasteiger partial charge in [-0.3, -0.25) is 14.5 Å². The Kier molecular flexibility index (Phi) is 4.13. The molecule has 0 radical (unpaired) electrons. The molecular weight excluding hydrogens is 278 g/mol. The molecule has 22 heavy (non-hydrogen) atoms. The zero-order valence-corrected chi connectivity index (χ0v) is 12.1. The summed E-state index contributed by atoms with van der Waals surface area (Å²) >= 11 is 0. The molecule has 1 aliphatic heterocycles. The van der Waals surface area contributed by atoms with E-state index >= 15 is 0 Å². The molecule has 2 aromatic carbocycles. The monoisotopic (exact) mass is 295 g/mol. The van der Waals surface area contributed by atoms with Crippen molar-refractivity contribution in [1.82, 2.24) is 4.90 Å². The van der Waals surface area contributed by atoms with Crippen molar-refractivity contribution in [3.63, 3.8) is 0 Å². The Morgan fingerprint density at radius 2 is 1.64 bits per heavy atom. The van der Waals surface area contributed by atoms with E-state index in [1.165, 1.54) is 4.90 Å². The fourth-order valence-electron chi connectivity index (χ4n) is 2.63. The molecule has 0 amide bonds. The quantitative estimate of drug-likeness (QED) is 0.878. The summed E-state index contributed by atoms with van der Waals surface area (Å²) in [5.41, 5.74) is 2.54. The van der Waals surface area contributed by atoms with Crippen LogP contribution in [0.2, 0.25) is 0 Å². The molecule has 112 valence electrons. The Labute approximate surface area is 129 Å². The van der Waals surface area contributed by atoms with Crippen LogP contribution in [0.5, 0.6) is 0 Å². The lowest BCUT2D eigenvalue weighted by Gasteiger charge is -2.20. The molecule has 0 saturated carbocycles. The maximum absolute atomic E-state index is 12.3. The lowest BCUT2D eigenvalue weighted by molar-refractivity contribution is -0.117. The molecule has 0 unspecified atom stereocenters. The van der Waals surface area contributed by atoms with Gasteiger partial charge in [0.15, 0.2) is 6.23 Å². The van der Waals surface area contributed by atoms with Gasteiger partial charge in [0.05, 0.1) is 6.54 Å². The number of benzene rings is 2. The van der Waals surface area contributed by atoms with E-state index in [0.29, 0.717) is 18.5 Å². The van der Waals surface area contributed by atoms with Crippen LogP contribution in [0.15, 0.2) is 54.6 Å². The van der Waals surface area contributed by atoms with Gasteiger partial charge in [-0.25, -0.2) is 0 Å². The predicted molar refractivity (Wildman–Crippen MR) is 83.4 cm³/mol. The second-order valence-corrected chi connectivity index (χ2v) is 5.44. The molecule has 1 heterocycles. The Balaban J connectivity index is 1.75. The van der Waals surface area contributed by atoms with Crippen LogP contribution >= 0.6 is 0 Å². The lowest BCUT2D eigenvalue weighted by Crippen LogP contribution is -2.39. The molecule has 1 atom stereocenters. The summed E-state index contributed by atoms with van der Waals surface area (Å²) in [7, 11) is 0. The van der Waals surface area contributed by atoms with Crippen molar-refractivity contribution >= 4 is 11.6 Å². The highest BCUT2D eigenvalue weighted by Gasteiger charge is 2.30. The Hall–Kier alpha value is -2.30. The molecule has 0 aromatic heterocycles. The summed E-state index contributed by atoms with van der Waals surface area (Å²) in [6, 6.07) is 17.0. The first-order valence-electron chi connectivity index (χ1n) is 7.28. The van der Waals surface area contributed by atoms with Crippen molar-refractivity contribution in [3.05, 3.63) is 60.2 Å². The van der Waals surface area contributed by atoms with Crippen molar-refractivity contribution in [2.45, 2.75) is 12.6 Å². The van der Waals surface area contributed by atoms with Gasteiger partial charge >= 0.3 is 0 Å². The summed E-state index contributed by atoms with van der Waals surface area (Å²) < 4.78 is 0. The van der Waals surface area contributed by atoms with Crippen molar-refractivity contribution in [2.75, 3.05) is 13.1 Å². The number of nitrogens with zero attached hydrogens (tertiary/aromatic N) is 1. The highest BCUT2D eigenvalue weighted by molar-refractivity contribution is 6.00. The van der Waals surface area contributed by atoms with Gasteiger partial charge in [0.1, 0.15) is 5.78 Å². The van der Waals surface area contributed by atoms with E-state index in [1.54, 1.807) is 12.1 Å². The third-order valence-corrected chi connectivity index (χ3v) is 3.91. The summed E-state index contributed by atoms with van der Waals surface area (Å²) in [6.45, 7) is 0.586. The van der Waals surface area contributed by atoms with Crippen molar-refractivity contribution in [1.29, 1.82) is 0 Å². The second kappa shape index (κ2) is 6.22. The number of likely N-dealkylation sites (tertiary alicyclic amines) is 1. The van der Waals surface area contributed by atoms with Crippen LogP contribution in [0, 0.1) is 0 Å². The van der Waals surface area contributed by atoms with Gasteiger partial charge < -0.3 is 5.11 Å². The van der Waals surface area contributed by atoms with Gasteiger partial charge in [0.25, 0.3) is 0 Å².